The van der Waals surface area contributed by atoms with E-state index in [1.807, 2.05) is 60.7 Å². The van der Waals surface area contributed by atoms with Crippen molar-refractivity contribution in [3.63, 3.8) is 0 Å². The highest BCUT2D eigenvalue weighted by molar-refractivity contribution is 5.34. The molecule has 2 rings (SSSR count). The van der Waals surface area contributed by atoms with E-state index in [4.69, 9.17) is 9.78 Å². The lowest BCUT2D eigenvalue weighted by Crippen LogP contribution is -2.02. The summed E-state index contributed by atoms with van der Waals surface area (Å²) >= 11 is 0. The van der Waals surface area contributed by atoms with Gasteiger partial charge in [0.15, 0.2) is 11.5 Å². The van der Waals surface area contributed by atoms with Gasteiger partial charge in [-0.05, 0) is 24.6 Å². The van der Waals surface area contributed by atoms with Crippen LogP contribution in [-0.4, -0.2) is 0 Å². The van der Waals surface area contributed by atoms with Crippen molar-refractivity contribution < 1.29 is 9.78 Å². The number of rotatable bonds is 5. The van der Waals surface area contributed by atoms with Crippen LogP contribution >= 0.6 is 0 Å². The van der Waals surface area contributed by atoms with E-state index >= 15 is 0 Å². The summed E-state index contributed by atoms with van der Waals surface area (Å²) in [7, 11) is 0. The van der Waals surface area contributed by atoms with Crippen molar-refractivity contribution in [1.82, 2.24) is 0 Å². The first-order valence-corrected chi connectivity index (χ1v) is 5.48. The highest BCUT2D eigenvalue weighted by Crippen LogP contribution is 2.20. The lowest BCUT2D eigenvalue weighted by Gasteiger charge is -2.08. The van der Waals surface area contributed by atoms with Crippen LogP contribution < -0.4 is 9.78 Å². The molecule has 2 nitrogen and oxygen atoms in total. The highest BCUT2D eigenvalue weighted by atomic mass is 17.2. The Morgan fingerprint density at radius 3 is 2.35 bits per heavy atom. The summed E-state index contributed by atoms with van der Waals surface area (Å²) in [6.07, 6.45) is 2.60. The third-order valence-electron chi connectivity index (χ3n) is 2.31. The Balaban J connectivity index is 2.06. The predicted molar refractivity (Wildman–Crippen MR) is 68.0 cm³/mol. The average molecular weight is 226 g/mol. The fourth-order valence-electron chi connectivity index (χ4n) is 1.48. The molecule has 0 fully saturated rings. The van der Waals surface area contributed by atoms with Crippen LogP contribution in [0.3, 0.4) is 0 Å². The molecule has 86 valence electrons. The first-order valence-electron chi connectivity index (χ1n) is 5.48. The Morgan fingerprint density at radius 1 is 0.882 bits per heavy atom. The second kappa shape index (κ2) is 5.75. The van der Waals surface area contributed by atoms with Gasteiger partial charge in [-0.25, -0.2) is 0 Å². The minimum absolute atomic E-state index is 0.681. The molecule has 0 atom stereocenters. The number of allylic oxidation sites excluding steroid dienone is 1. The minimum Gasteiger partial charge on any atom is -0.290 e. The van der Waals surface area contributed by atoms with Crippen LogP contribution in [0.5, 0.6) is 11.5 Å². The summed E-state index contributed by atoms with van der Waals surface area (Å²) in [6.45, 7) is 3.72. The van der Waals surface area contributed by atoms with Gasteiger partial charge < -0.3 is 0 Å². The van der Waals surface area contributed by atoms with E-state index in [9.17, 15) is 0 Å². The third-order valence-corrected chi connectivity index (χ3v) is 2.31. The second-order valence-electron chi connectivity index (χ2n) is 3.58. The number of para-hydroxylation sites is 2. The molecule has 0 unspecified atom stereocenters. The largest absolute Gasteiger partial charge is 0.290 e. The van der Waals surface area contributed by atoms with Crippen molar-refractivity contribution in [3.8, 4) is 11.5 Å². The Morgan fingerprint density at radius 2 is 1.59 bits per heavy atom. The summed E-state index contributed by atoms with van der Waals surface area (Å²) in [5, 5.41) is 0. The molecule has 0 aliphatic rings. The summed E-state index contributed by atoms with van der Waals surface area (Å²) in [5.74, 6) is 1.40. The van der Waals surface area contributed by atoms with Crippen LogP contribution in [0.1, 0.15) is 5.56 Å². The molecule has 17 heavy (non-hydrogen) atoms. The highest BCUT2D eigenvalue weighted by Gasteiger charge is 2.02. The zero-order valence-corrected chi connectivity index (χ0v) is 9.50. The summed E-state index contributed by atoms with van der Waals surface area (Å²) in [4.78, 5) is 10.6. The molecular weight excluding hydrogens is 212 g/mol. The van der Waals surface area contributed by atoms with Crippen LogP contribution in [0, 0.1) is 0 Å². The Kier molecular flexibility index (Phi) is 3.81. The molecule has 0 aliphatic carbocycles. The van der Waals surface area contributed by atoms with Gasteiger partial charge in [0.05, 0.1) is 0 Å². The van der Waals surface area contributed by atoms with Gasteiger partial charge in [-0.2, -0.15) is 0 Å². The normalized spacial score (nSPS) is 9.65. The molecule has 0 heterocycles. The fourth-order valence-corrected chi connectivity index (χ4v) is 1.48. The molecule has 2 aromatic rings. The van der Waals surface area contributed by atoms with E-state index in [2.05, 4.69) is 6.58 Å². The minimum atomic E-state index is 0.681. The monoisotopic (exact) mass is 226 g/mol. The molecule has 2 aromatic carbocycles. The van der Waals surface area contributed by atoms with Crippen molar-refractivity contribution in [2.45, 2.75) is 6.42 Å². The van der Waals surface area contributed by atoms with Gasteiger partial charge in [0.25, 0.3) is 0 Å². The van der Waals surface area contributed by atoms with Gasteiger partial charge in [0.1, 0.15) is 0 Å². The van der Waals surface area contributed by atoms with Crippen molar-refractivity contribution in [2.75, 3.05) is 0 Å². The number of hydrogen-bond donors (Lipinski definition) is 0. The molecule has 2 heteroatoms. The average Bonchev–Trinajstić information content (AvgIpc) is 2.39. The maximum absolute atomic E-state index is 5.33. The first kappa shape index (κ1) is 11.3. The van der Waals surface area contributed by atoms with Crippen LogP contribution in [-0.2, 0) is 6.42 Å². The molecule has 0 spiro atoms. The van der Waals surface area contributed by atoms with Crippen molar-refractivity contribution in [1.29, 1.82) is 0 Å². The molecule has 0 bridgehead atoms. The topological polar surface area (TPSA) is 18.5 Å². The van der Waals surface area contributed by atoms with Gasteiger partial charge >= 0.3 is 0 Å². The van der Waals surface area contributed by atoms with E-state index in [0.29, 0.717) is 5.75 Å². The van der Waals surface area contributed by atoms with E-state index in [1.165, 1.54) is 0 Å². The summed E-state index contributed by atoms with van der Waals surface area (Å²) < 4.78 is 0. The van der Waals surface area contributed by atoms with E-state index in [1.54, 1.807) is 0 Å². The van der Waals surface area contributed by atoms with Gasteiger partial charge in [-0.1, -0.05) is 42.5 Å². The fraction of sp³-hybridized carbons (Fsp3) is 0.0667. The van der Waals surface area contributed by atoms with Gasteiger partial charge in [-0.3, -0.25) is 9.78 Å². The molecule has 0 saturated heterocycles. The van der Waals surface area contributed by atoms with Crippen molar-refractivity contribution >= 4 is 0 Å². The van der Waals surface area contributed by atoms with Crippen molar-refractivity contribution in [3.05, 3.63) is 72.8 Å². The van der Waals surface area contributed by atoms with Crippen LogP contribution in [0.25, 0.3) is 0 Å². The quantitative estimate of drug-likeness (QED) is 0.438. The molecule has 0 radical (unpaired) electrons. The number of benzene rings is 2. The molecule has 0 aromatic heterocycles. The molecule has 0 saturated carbocycles. The summed E-state index contributed by atoms with van der Waals surface area (Å²) in [5.41, 5.74) is 1.05. The molecule has 0 amide bonds. The smallest absolute Gasteiger partial charge is 0.182 e. The van der Waals surface area contributed by atoms with Crippen molar-refractivity contribution in [2.24, 2.45) is 0 Å². The number of hydrogen-bond acceptors (Lipinski definition) is 2. The van der Waals surface area contributed by atoms with Crippen LogP contribution in [0.2, 0.25) is 0 Å². The second-order valence-corrected chi connectivity index (χ2v) is 3.58. The molecule has 0 aliphatic heterocycles. The van der Waals surface area contributed by atoms with E-state index in [-0.39, 0.29) is 0 Å². The zero-order chi connectivity index (χ0) is 11.9. The maximum atomic E-state index is 5.33. The first-order chi connectivity index (χ1) is 8.40. The SMILES string of the molecule is C=CCc1ccccc1OOc1ccccc1. The Labute approximate surface area is 101 Å². The Hall–Kier alpha value is -2.22. The van der Waals surface area contributed by atoms with Gasteiger partial charge in [-0.15, -0.1) is 6.58 Å². The predicted octanol–water partition coefficient (Wildman–Crippen LogP) is 3.79. The van der Waals surface area contributed by atoms with E-state index < -0.39 is 0 Å². The molecule has 0 N–H and O–H groups in total. The maximum Gasteiger partial charge on any atom is 0.182 e. The van der Waals surface area contributed by atoms with E-state index in [0.717, 1.165) is 17.7 Å². The Bertz CT molecular complexity index is 477. The van der Waals surface area contributed by atoms with Gasteiger partial charge in [0, 0.05) is 5.56 Å². The van der Waals surface area contributed by atoms with Crippen LogP contribution in [0.15, 0.2) is 67.3 Å². The third kappa shape index (κ3) is 3.11. The molecular formula is C15H14O2. The zero-order valence-electron chi connectivity index (χ0n) is 9.50. The van der Waals surface area contributed by atoms with Crippen LogP contribution in [0.4, 0.5) is 0 Å². The lowest BCUT2D eigenvalue weighted by atomic mass is 10.1. The van der Waals surface area contributed by atoms with Gasteiger partial charge in [0.2, 0.25) is 0 Å². The lowest BCUT2D eigenvalue weighted by molar-refractivity contribution is -0.101. The standard InChI is InChI=1S/C15H14O2/c1-2-8-13-9-6-7-12-15(13)17-16-14-10-4-3-5-11-14/h2-7,9-12H,1,8H2. The summed E-state index contributed by atoms with van der Waals surface area (Å²) in [6, 6.07) is 17.2.